The highest BCUT2D eigenvalue weighted by molar-refractivity contribution is 6.43. The molecule has 0 aliphatic heterocycles. The molecule has 3 aromatic rings. The quantitative estimate of drug-likeness (QED) is 0.526. The lowest BCUT2D eigenvalue weighted by molar-refractivity contribution is -0.384. The summed E-state index contributed by atoms with van der Waals surface area (Å²) in [5.74, 6) is -0.171. The van der Waals surface area contributed by atoms with Gasteiger partial charge in [-0.3, -0.25) is 14.9 Å². The molecule has 0 aliphatic carbocycles. The van der Waals surface area contributed by atoms with Crippen LogP contribution in [0.3, 0.4) is 0 Å². The second kappa shape index (κ2) is 7.46. The van der Waals surface area contributed by atoms with Crippen LogP contribution in [0.5, 0.6) is 0 Å². The molecule has 0 saturated carbocycles. The van der Waals surface area contributed by atoms with E-state index in [-0.39, 0.29) is 23.1 Å². The topological polar surface area (TPSA) is 116 Å². The van der Waals surface area contributed by atoms with E-state index in [0.29, 0.717) is 16.3 Å². The summed E-state index contributed by atoms with van der Waals surface area (Å²) >= 11 is 11.9. The average Bonchev–Trinajstić information content (AvgIpc) is 3.07. The fourth-order valence-corrected chi connectivity index (χ4v) is 2.42. The van der Waals surface area contributed by atoms with Crippen molar-refractivity contribution in [2.75, 3.05) is 5.32 Å². The fraction of sp³-hybridized carbons (Fsp3) is 0.0667. The Morgan fingerprint density at radius 3 is 2.62 bits per heavy atom. The number of hydrogen-bond acceptors (Lipinski definition) is 6. The Hall–Kier alpha value is -3.04. The van der Waals surface area contributed by atoms with Crippen molar-refractivity contribution < 1.29 is 9.72 Å². The first-order chi connectivity index (χ1) is 12.4. The number of anilines is 1. The molecule has 1 N–H and O–H groups in total. The predicted molar refractivity (Wildman–Crippen MR) is 95.0 cm³/mol. The Morgan fingerprint density at radius 1 is 1.19 bits per heavy atom. The number of rotatable bonds is 5. The third-order valence-corrected chi connectivity index (χ3v) is 4.12. The first kappa shape index (κ1) is 17.8. The summed E-state index contributed by atoms with van der Waals surface area (Å²) in [6.45, 7) is -0.192. The van der Waals surface area contributed by atoms with Crippen LogP contribution in [-0.2, 0) is 11.3 Å². The van der Waals surface area contributed by atoms with Crippen LogP contribution >= 0.6 is 23.2 Å². The van der Waals surface area contributed by atoms with Gasteiger partial charge in [0.05, 0.1) is 20.7 Å². The van der Waals surface area contributed by atoms with E-state index in [1.54, 1.807) is 18.2 Å². The number of carbonyl (C=O) groups excluding carboxylic acids is 1. The predicted octanol–water partition coefficient (Wildman–Crippen LogP) is 3.19. The van der Waals surface area contributed by atoms with Crippen molar-refractivity contribution in [3.8, 4) is 11.4 Å². The molecule has 0 atom stereocenters. The first-order valence-electron chi connectivity index (χ1n) is 7.20. The number of benzene rings is 2. The fourth-order valence-electron chi connectivity index (χ4n) is 2.08. The Labute approximate surface area is 156 Å². The van der Waals surface area contributed by atoms with E-state index >= 15 is 0 Å². The van der Waals surface area contributed by atoms with Crippen molar-refractivity contribution in [2.45, 2.75) is 6.54 Å². The van der Waals surface area contributed by atoms with Crippen LogP contribution in [0.25, 0.3) is 11.4 Å². The Kier molecular flexibility index (Phi) is 5.10. The highest BCUT2D eigenvalue weighted by Crippen LogP contribution is 2.29. The lowest BCUT2D eigenvalue weighted by Crippen LogP contribution is -2.20. The van der Waals surface area contributed by atoms with Gasteiger partial charge in [-0.05, 0) is 29.5 Å². The second-order valence-electron chi connectivity index (χ2n) is 5.10. The second-order valence-corrected chi connectivity index (χ2v) is 5.88. The summed E-state index contributed by atoms with van der Waals surface area (Å²) in [6, 6.07) is 10.6. The Bertz CT molecular complexity index is 974. The first-order valence-corrected chi connectivity index (χ1v) is 7.96. The zero-order valence-electron chi connectivity index (χ0n) is 13.0. The SMILES string of the molecule is O=C(Cn1nnc(-c2ccc([N+](=O)[O-])cc2)n1)Nc1cccc(Cl)c1Cl. The monoisotopic (exact) mass is 392 g/mol. The number of nitro groups is 1. The molecule has 9 nitrogen and oxygen atoms in total. The van der Waals surface area contributed by atoms with E-state index in [1.165, 1.54) is 24.3 Å². The van der Waals surface area contributed by atoms with Crippen LogP contribution in [0.2, 0.25) is 10.0 Å². The molecule has 1 amide bonds. The summed E-state index contributed by atoms with van der Waals surface area (Å²) in [5, 5.41) is 25.5. The highest BCUT2D eigenvalue weighted by Gasteiger charge is 2.13. The van der Waals surface area contributed by atoms with Gasteiger partial charge in [-0.15, -0.1) is 10.2 Å². The minimum atomic E-state index is -0.501. The third-order valence-electron chi connectivity index (χ3n) is 3.30. The molecule has 11 heteroatoms. The van der Waals surface area contributed by atoms with Gasteiger partial charge in [-0.2, -0.15) is 4.80 Å². The number of tetrazole rings is 1. The van der Waals surface area contributed by atoms with Gasteiger partial charge in [-0.25, -0.2) is 0 Å². The number of amides is 1. The molecule has 0 spiro atoms. The van der Waals surface area contributed by atoms with Crippen LogP contribution in [-0.4, -0.2) is 31.0 Å². The molecule has 26 heavy (non-hydrogen) atoms. The molecule has 0 radical (unpaired) electrons. The molecular formula is C15H10Cl2N6O3. The zero-order valence-corrected chi connectivity index (χ0v) is 14.5. The number of carbonyl (C=O) groups is 1. The highest BCUT2D eigenvalue weighted by atomic mass is 35.5. The molecule has 0 fully saturated rings. The zero-order chi connectivity index (χ0) is 18.7. The molecule has 1 heterocycles. The van der Waals surface area contributed by atoms with Crippen molar-refractivity contribution in [1.29, 1.82) is 0 Å². The van der Waals surface area contributed by atoms with Gasteiger partial charge < -0.3 is 5.32 Å². The number of halogens is 2. The van der Waals surface area contributed by atoms with Gasteiger partial charge in [0.2, 0.25) is 11.7 Å². The number of nitrogens with one attached hydrogen (secondary N) is 1. The largest absolute Gasteiger partial charge is 0.323 e. The molecule has 2 aromatic carbocycles. The van der Waals surface area contributed by atoms with Crippen LogP contribution < -0.4 is 5.32 Å². The van der Waals surface area contributed by atoms with E-state index in [9.17, 15) is 14.9 Å². The average molecular weight is 393 g/mol. The van der Waals surface area contributed by atoms with Gasteiger partial charge >= 0.3 is 0 Å². The normalized spacial score (nSPS) is 10.5. The van der Waals surface area contributed by atoms with Crippen LogP contribution in [0.15, 0.2) is 42.5 Å². The van der Waals surface area contributed by atoms with E-state index in [0.717, 1.165) is 4.80 Å². The van der Waals surface area contributed by atoms with E-state index in [2.05, 4.69) is 20.7 Å². The molecule has 1 aromatic heterocycles. The molecule has 3 rings (SSSR count). The number of non-ortho nitro benzene ring substituents is 1. The lowest BCUT2D eigenvalue weighted by atomic mass is 10.2. The maximum Gasteiger partial charge on any atom is 0.269 e. The van der Waals surface area contributed by atoms with Crippen molar-refractivity contribution in [1.82, 2.24) is 20.2 Å². The van der Waals surface area contributed by atoms with Crippen LogP contribution in [0, 0.1) is 10.1 Å². The van der Waals surface area contributed by atoms with E-state index < -0.39 is 10.8 Å². The maximum absolute atomic E-state index is 12.1. The Balaban J connectivity index is 1.69. The minimum absolute atomic E-state index is 0.0427. The van der Waals surface area contributed by atoms with Gasteiger partial charge in [0.25, 0.3) is 5.69 Å². The lowest BCUT2D eigenvalue weighted by Gasteiger charge is -2.07. The van der Waals surface area contributed by atoms with E-state index in [4.69, 9.17) is 23.2 Å². The molecular weight excluding hydrogens is 383 g/mol. The molecule has 0 bridgehead atoms. The summed E-state index contributed by atoms with van der Waals surface area (Å²) in [7, 11) is 0. The van der Waals surface area contributed by atoms with Gasteiger partial charge in [-0.1, -0.05) is 29.3 Å². The molecule has 132 valence electrons. The maximum atomic E-state index is 12.1. The van der Waals surface area contributed by atoms with Gasteiger partial charge in [0.1, 0.15) is 6.54 Å². The van der Waals surface area contributed by atoms with Crippen molar-refractivity contribution in [3.63, 3.8) is 0 Å². The van der Waals surface area contributed by atoms with Crippen molar-refractivity contribution >= 4 is 40.5 Å². The van der Waals surface area contributed by atoms with Crippen LogP contribution in [0.1, 0.15) is 0 Å². The number of hydrogen-bond donors (Lipinski definition) is 1. The number of nitro benzene ring substituents is 1. The third kappa shape index (κ3) is 3.95. The molecule has 0 aliphatic rings. The summed E-state index contributed by atoms with van der Waals surface area (Å²) in [6.07, 6.45) is 0. The van der Waals surface area contributed by atoms with Crippen molar-refractivity contribution in [2.24, 2.45) is 0 Å². The standard InChI is InChI=1S/C15H10Cl2N6O3/c16-11-2-1-3-12(14(11)17)18-13(24)8-22-20-15(19-21-22)9-4-6-10(7-5-9)23(25)26/h1-7H,8H2,(H,18,24). The summed E-state index contributed by atoms with van der Waals surface area (Å²) < 4.78 is 0. The minimum Gasteiger partial charge on any atom is -0.323 e. The number of aromatic nitrogens is 4. The van der Waals surface area contributed by atoms with Gasteiger partial charge in [0.15, 0.2) is 0 Å². The van der Waals surface area contributed by atoms with Crippen LogP contribution in [0.4, 0.5) is 11.4 Å². The summed E-state index contributed by atoms with van der Waals surface area (Å²) in [5.41, 5.74) is 0.874. The number of nitrogens with zero attached hydrogens (tertiary/aromatic N) is 5. The van der Waals surface area contributed by atoms with Crippen molar-refractivity contribution in [3.05, 3.63) is 62.6 Å². The smallest absolute Gasteiger partial charge is 0.269 e. The summed E-state index contributed by atoms with van der Waals surface area (Å²) in [4.78, 5) is 23.4. The molecule has 0 unspecified atom stereocenters. The van der Waals surface area contributed by atoms with Gasteiger partial charge in [0, 0.05) is 17.7 Å². The van der Waals surface area contributed by atoms with E-state index in [1.807, 2.05) is 0 Å². The Morgan fingerprint density at radius 2 is 1.92 bits per heavy atom. The molecule has 0 saturated heterocycles.